The van der Waals surface area contributed by atoms with Gasteiger partial charge < -0.3 is 33.2 Å². The van der Waals surface area contributed by atoms with Crippen LogP contribution in [0.15, 0.2) is 30.4 Å². The van der Waals surface area contributed by atoms with Crippen molar-refractivity contribution >= 4 is 17.8 Å². The Bertz CT molecular complexity index is 1090. The number of ether oxygens (including phenoxy) is 7. The number of nitrogens with zero attached hydrogens (tertiary/aromatic N) is 1. The average Bonchev–Trinajstić information content (AvgIpc) is 3.24. The van der Waals surface area contributed by atoms with E-state index in [0.717, 1.165) is 19.6 Å². The van der Waals surface area contributed by atoms with E-state index in [4.69, 9.17) is 33.2 Å². The zero-order chi connectivity index (χ0) is 28.7. The van der Waals surface area contributed by atoms with Gasteiger partial charge in [0.2, 0.25) is 0 Å². The number of hydrogen-bond donors (Lipinski definition) is 0. The van der Waals surface area contributed by atoms with E-state index in [9.17, 15) is 9.59 Å². The van der Waals surface area contributed by atoms with Crippen LogP contribution in [0, 0.1) is 5.92 Å². The third-order valence-electron chi connectivity index (χ3n) is 7.15. The lowest BCUT2D eigenvalue weighted by Gasteiger charge is -2.26. The fourth-order valence-electron chi connectivity index (χ4n) is 4.81. The average molecular weight is 560 g/mol. The van der Waals surface area contributed by atoms with Crippen LogP contribution in [-0.4, -0.2) is 94.1 Å². The zero-order valence-corrected chi connectivity index (χ0v) is 24.1. The van der Waals surface area contributed by atoms with E-state index >= 15 is 0 Å². The summed E-state index contributed by atoms with van der Waals surface area (Å²) in [4.78, 5) is 28.8. The number of benzene rings is 1. The van der Waals surface area contributed by atoms with Crippen molar-refractivity contribution in [3.63, 3.8) is 0 Å². The van der Waals surface area contributed by atoms with Gasteiger partial charge in [-0.15, -0.1) is 0 Å². The van der Waals surface area contributed by atoms with Crippen molar-refractivity contribution in [3.8, 4) is 11.5 Å². The van der Waals surface area contributed by atoms with Crippen LogP contribution in [0.4, 0.5) is 0 Å². The summed E-state index contributed by atoms with van der Waals surface area (Å²) in [6.07, 6.45) is 5.56. The largest absolute Gasteiger partial charge is 0.492 e. The summed E-state index contributed by atoms with van der Waals surface area (Å²) >= 11 is 0. The Kier molecular flexibility index (Phi) is 10.4. The molecule has 0 spiro atoms. The molecule has 2 fully saturated rings. The molecule has 0 unspecified atom stereocenters. The molecule has 3 aliphatic heterocycles. The third kappa shape index (κ3) is 7.92. The summed E-state index contributed by atoms with van der Waals surface area (Å²) in [6, 6.07) is 3.49. The van der Waals surface area contributed by atoms with Gasteiger partial charge >= 0.3 is 5.97 Å². The first-order chi connectivity index (χ1) is 19.2. The molecule has 4 atom stereocenters. The van der Waals surface area contributed by atoms with Crippen molar-refractivity contribution in [2.24, 2.45) is 5.92 Å². The van der Waals surface area contributed by atoms with Gasteiger partial charge in [-0.2, -0.15) is 0 Å². The highest BCUT2D eigenvalue weighted by Gasteiger charge is 2.43. The lowest BCUT2D eigenvalue weighted by atomic mass is 9.99. The summed E-state index contributed by atoms with van der Waals surface area (Å²) in [5.41, 5.74) is 0.832. The van der Waals surface area contributed by atoms with E-state index in [0.29, 0.717) is 43.3 Å². The van der Waals surface area contributed by atoms with Gasteiger partial charge in [-0.3, -0.25) is 9.69 Å². The van der Waals surface area contributed by atoms with Crippen molar-refractivity contribution in [2.75, 3.05) is 53.4 Å². The van der Waals surface area contributed by atoms with Gasteiger partial charge in [0.15, 0.2) is 18.4 Å². The van der Waals surface area contributed by atoms with Crippen molar-refractivity contribution in [2.45, 2.75) is 58.2 Å². The molecule has 4 rings (SSSR count). The number of fused-ring (bicyclic) bond motifs is 2. The second-order valence-electron chi connectivity index (χ2n) is 10.7. The molecule has 1 aromatic carbocycles. The van der Waals surface area contributed by atoms with Gasteiger partial charge in [0.05, 0.1) is 19.3 Å². The Morgan fingerprint density at radius 1 is 1.05 bits per heavy atom. The number of cyclic esters (lactones) is 1. The van der Waals surface area contributed by atoms with E-state index < -0.39 is 30.1 Å². The monoisotopic (exact) mass is 559 g/mol. The topological polar surface area (TPSA) is 102 Å². The Balaban J connectivity index is 1.66. The summed E-state index contributed by atoms with van der Waals surface area (Å²) in [7, 11) is 1.51. The highest BCUT2D eigenvalue weighted by molar-refractivity contribution is 5.97. The summed E-state index contributed by atoms with van der Waals surface area (Å²) in [6.45, 7) is 11.6. The van der Waals surface area contributed by atoms with Gasteiger partial charge in [-0.1, -0.05) is 25.2 Å². The molecule has 220 valence electrons. The molecular weight excluding hydrogens is 518 g/mol. The van der Waals surface area contributed by atoms with Crippen LogP contribution in [0.25, 0.3) is 6.08 Å². The van der Waals surface area contributed by atoms with Crippen molar-refractivity contribution in [3.05, 3.63) is 41.5 Å². The maximum absolute atomic E-state index is 13.5. The van der Waals surface area contributed by atoms with Crippen LogP contribution in [-0.2, 0) is 28.5 Å². The first kappa shape index (κ1) is 30.2. The molecule has 0 bridgehead atoms. The number of hydrogen-bond acceptors (Lipinski definition) is 10. The van der Waals surface area contributed by atoms with Gasteiger partial charge in [0, 0.05) is 38.7 Å². The number of ketones is 1. The Labute approximate surface area is 236 Å². The van der Waals surface area contributed by atoms with E-state index in [1.807, 2.05) is 13.0 Å². The van der Waals surface area contributed by atoms with Crippen molar-refractivity contribution in [1.82, 2.24) is 4.90 Å². The van der Waals surface area contributed by atoms with Crippen LogP contribution >= 0.6 is 0 Å². The molecule has 10 nitrogen and oxygen atoms in total. The van der Waals surface area contributed by atoms with Crippen molar-refractivity contribution < 1.29 is 42.7 Å². The van der Waals surface area contributed by atoms with Crippen LogP contribution < -0.4 is 9.47 Å². The number of esters is 1. The Morgan fingerprint density at radius 3 is 2.58 bits per heavy atom. The minimum Gasteiger partial charge on any atom is -0.492 e. The highest BCUT2D eigenvalue weighted by Crippen LogP contribution is 2.34. The Morgan fingerprint density at radius 2 is 1.82 bits per heavy atom. The smallest absolute Gasteiger partial charge is 0.342 e. The number of carbonyl (C=O) groups is 2. The fraction of sp³-hybridized carbons (Fsp3) is 0.600. The molecule has 3 heterocycles. The van der Waals surface area contributed by atoms with Crippen LogP contribution in [0.1, 0.15) is 50.0 Å². The van der Waals surface area contributed by atoms with E-state index in [2.05, 4.69) is 4.90 Å². The Hall–Kier alpha value is -2.76. The van der Waals surface area contributed by atoms with Crippen LogP contribution in [0.5, 0.6) is 11.5 Å². The summed E-state index contributed by atoms with van der Waals surface area (Å²) < 4.78 is 40.3. The van der Waals surface area contributed by atoms with Crippen LogP contribution in [0.3, 0.4) is 0 Å². The van der Waals surface area contributed by atoms with Gasteiger partial charge in [0.1, 0.15) is 35.9 Å². The van der Waals surface area contributed by atoms with Gasteiger partial charge in [-0.25, -0.2) is 4.79 Å². The maximum atomic E-state index is 13.5. The van der Waals surface area contributed by atoms with E-state index in [-0.39, 0.29) is 24.1 Å². The molecule has 40 heavy (non-hydrogen) atoms. The maximum Gasteiger partial charge on any atom is 0.342 e. The summed E-state index contributed by atoms with van der Waals surface area (Å²) in [5, 5.41) is 0. The molecule has 0 aromatic heterocycles. The second kappa shape index (κ2) is 13.7. The van der Waals surface area contributed by atoms with Gasteiger partial charge in [-0.05, 0) is 44.9 Å². The summed E-state index contributed by atoms with van der Waals surface area (Å²) in [5.74, 6) is -0.990. The first-order valence-electron chi connectivity index (χ1n) is 13.8. The normalized spacial score (nSPS) is 28.2. The zero-order valence-electron chi connectivity index (χ0n) is 24.1. The first-order valence-corrected chi connectivity index (χ1v) is 13.8. The quantitative estimate of drug-likeness (QED) is 0.364. The molecular formula is C30H41NO9. The fourth-order valence-corrected chi connectivity index (χ4v) is 4.81. The molecule has 0 saturated carbocycles. The standard InChI is InChI=1S/C30H41NO9/c1-20-9-10-24(32)28-25(39-30(3,4)40-28)8-6-7-22-17-23(36-16-13-31-11-14-35-15-12-31)18-26(37-19-34-5)27(22)29(33)38-21(20)2/h6-7,9-10,17-18,20-21,25,28H,8,11-16,19H2,1-5H3/b7-6?,10-9-/t20-,21+,25+,28-/m1/s1. The third-order valence-corrected chi connectivity index (χ3v) is 7.15. The SMILES string of the molecule is COCOc1cc(OCCN2CCOCC2)cc2c1C(=O)O[C@@H](C)[C@H](C)/C=C\C(=O)[C@H]1OC(C)(C)O[C@H]1CC=C2. The number of rotatable bonds is 7. The second-order valence-corrected chi connectivity index (χ2v) is 10.7. The molecule has 0 N–H and O–H groups in total. The van der Waals surface area contributed by atoms with Gasteiger partial charge in [0.25, 0.3) is 0 Å². The molecule has 3 aliphatic rings. The molecule has 2 saturated heterocycles. The van der Waals surface area contributed by atoms with Crippen LogP contribution in [0.2, 0.25) is 0 Å². The molecule has 10 heteroatoms. The lowest BCUT2D eigenvalue weighted by molar-refractivity contribution is -0.152. The highest BCUT2D eigenvalue weighted by atomic mass is 16.8. The molecule has 0 radical (unpaired) electrons. The minimum atomic E-state index is -0.890. The lowest BCUT2D eigenvalue weighted by Crippen LogP contribution is -2.38. The number of carbonyl (C=O) groups excluding carboxylic acids is 2. The van der Waals surface area contributed by atoms with E-state index in [1.165, 1.54) is 13.2 Å². The van der Waals surface area contributed by atoms with Crippen molar-refractivity contribution in [1.29, 1.82) is 0 Å². The number of methoxy groups -OCH3 is 1. The molecule has 0 aliphatic carbocycles. The van der Waals surface area contributed by atoms with E-state index in [1.54, 1.807) is 45.1 Å². The minimum absolute atomic E-state index is 0.0541. The number of morpholine rings is 1. The predicted octanol–water partition coefficient (Wildman–Crippen LogP) is 3.62. The predicted molar refractivity (Wildman–Crippen MR) is 147 cm³/mol. The molecule has 0 amide bonds. The molecule has 1 aromatic rings.